The summed E-state index contributed by atoms with van der Waals surface area (Å²) in [6, 6.07) is 3.50. The van der Waals surface area contributed by atoms with Crippen molar-refractivity contribution in [1.82, 2.24) is 4.90 Å². The SMILES string of the molecule is CC(C)(C)OC(=O)N1CCC(CNc2ccc(F)cc2F)CC1. The number of nitrogens with zero attached hydrogens (tertiary/aromatic N) is 1. The fraction of sp³-hybridized carbons (Fsp3) is 0.588. The summed E-state index contributed by atoms with van der Waals surface area (Å²) in [6.45, 7) is 7.40. The Bertz CT molecular complexity index is 550. The Labute approximate surface area is 135 Å². The standard InChI is InChI=1S/C17H24F2N2O2/c1-17(2,3)23-16(22)21-8-6-12(7-9-21)11-20-15-5-4-13(18)10-14(15)19/h4-5,10,12,20H,6-9,11H2,1-3H3. The van der Waals surface area contributed by atoms with Crippen LogP contribution < -0.4 is 5.32 Å². The van der Waals surface area contributed by atoms with E-state index in [1.54, 1.807) is 4.90 Å². The van der Waals surface area contributed by atoms with E-state index in [1.807, 2.05) is 20.8 Å². The first-order chi connectivity index (χ1) is 10.7. The van der Waals surface area contributed by atoms with Crippen LogP contribution in [0.15, 0.2) is 18.2 Å². The highest BCUT2D eigenvalue weighted by Gasteiger charge is 2.26. The van der Waals surface area contributed by atoms with Crippen LogP contribution in [0.2, 0.25) is 0 Å². The molecule has 6 heteroatoms. The predicted octanol–water partition coefficient (Wildman–Crippen LogP) is 4.02. The molecular weight excluding hydrogens is 302 g/mol. The van der Waals surface area contributed by atoms with E-state index >= 15 is 0 Å². The van der Waals surface area contributed by atoms with Crippen molar-refractivity contribution in [3.05, 3.63) is 29.8 Å². The topological polar surface area (TPSA) is 41.6 Å². The van der Waals surface area contributed by atoms with Crippen molar-refractivity contribution in [1.29, 1.82) is 0 Å². The van der Waals surface area contributed by atoms with Gasteiger partial charge in [0.25, 0.3) is 0 Å². The third-order valence-corrected chi connectivity index (χ3v) is 3.78. The van der Waals surface area contributed by atoms with Gasteiger partial charge in [-0.3, -0.25) is 0 Å². The van der Waals surface area contributed by atoms with Gasteiger partial charge in [0, 0.05) is 25.7 Å². The number of ether oxygens (including phenoxy) is 1. The molecule has 0 saturated carbocycles. The second kappa shape index (κ2) is 7.15. The van der Waals surface area contributed by atoms with E-state index in [9.17, 15) is 13.6 Å². The number of carbonyl (C=O) groups excluding carboxylic acids is 1. The molecule has 0 atom stereocenters. The molecule has 0 radical (unpaired) electrons. The maximum absolute atomic E-state index is 13.6. The van der Waals surface area contributed by atoms with E-state index in [2.05, 4.69) is 5.32 Å². The number of piperidine rings is 1. The van der Waals surface area contributed by atoms with E-state index in [4.69, 9.17) is 4.74 Å². The highest BCUT2D eigenvalue weighted by atomic mass is 19.1. The minimum atomic E-state index is -0.587. The Balaban J connectivity index is 1.77. The highest BCUT2D eigenvalue weighted by molar-refractivity contribution is 5.68. The summed E-state index contributed by atoms with van der Waals surface area (Å²) >= 11 is 0. The monoisotopic (exact) mass is 326 g/mol. The van der Waals surface area contributed by atoms with Gasteiger partial charge in [0.05, 0.1) is 5.69 Å². The molecule has 0 aromatic heterocycles. The quantitative estimate of drug-likeness (QED) is 0.912. The normalized spacial score (nSPS) is 16.3. The van der Waals surface area contributed by atoms with Gasteiger partial charge >= 0.3 is 6.09 Å². The first-order valence-corrected chi connectivity index (χ1v) is 7.91. The van der Waals surface area contributed by atoms with Crippen LogP contribution in [0.5, 0.6) is 0 Å². The molecule has 0 unspecified atom stereocenters. The van der Waals surface area contributed by atoms with Crippen molar-refractivity contribution in [3.63, 3.8) is 0 Å². The number of likely N-dealkylation sites (tertiary alicyclic amines) is 1. The molecule has 1 fully saturated rings. The summed E-state index contributed by atoms with van der Waals surface area (Å²) in [5.41, 5.74) is -0.184. The summed E-state index contributed by atoms with van der Waals surface area (Å²) in [5, 5.41) is 3.02. The number of hydrogen-bond acceptors (Lipinski definition) is 3. The zero-order valence-electron chi connectivity index (χ0n) is 13.9. The minimum Gasteiger partial charge on any atom is -0.444 e. The van der Waals surface area contributed by atoms with Crippen molar-refractivity contribution in [2.75, 3.05) is 25.0 Å². The summed E-state index contributed by atoms with van der Waals surface area (Å²) < 4.78 is 31.8. The van der Waals surface area contributed by atoms with Crippen molar-refractivity contribution in [2.45, 2.75) is 39.2 Å². The molecule has 1 saturated heterocycles. The van der Waals surface area contributed by atoms with E-state index in [-0.39, 0.29) is 6.09 Å². The van der Waals surface area contributed by atoms with E-state index in [0.717, 1.165) is 18.9 Å². The van der Waals surface area contributed by atoms with Crippen LogP contribution in [0.3, 0.4) is 0 Å². The fourth-order valence-electron chi connectivity index (χ4n) is 2.53. The Kier molecular flexibility index (Phi) is 5.44. The number of halogens is 2. The van der Waals surface area contributed by atoms with Crippen molar-refractivity contribution in [3.8, 4) is 0 Å². The first kappa shape index (κ1) is 17.5. The number of hydrogen-bond donors (Lipinski definition) is 1. The van der Waals surface area contributed by atoms with Crippen LogP contribution in [0.25, 0.3) is 0 Å². The second-order valence-electron chi connectivity index (χ2n) is 6.92. The molecule has 2 rings (SSSR count). The van der Waals surface area contributed by atoms with Gasteiger partial charge in [-0.25, -0.2) is 13.6 Å². The number of carbonyl (C=O) groups is 1. The van der Waals surface area contributed by atoms with Crippen molar-refractivity contribution < 1.29 is 18.3 Å². The molecule has 1 aliphatic heterocycles. The van der Waals surface area contributed by atoms with Gasteiger partial charge < -0.3 is 15.0 Å². The van der Waals surface area contributed by atoms with Crippen LogP contribution in [0.1, 0.15) is 33.6 Å². The molecule has 1 aromatic rings. The lowest BCUT2D eigenvalue weighted by molar-refractivity contribution is 0.0188. The second-order valence-corrected chi connectivity index (χ2v) is 6.92. The van der Waals surface area contributed by atoms with Crippen LogP contribution >= 0.6 is 0 Å². The average molecular weight is 326 g/mol. The lowest BCUT2D eigenvalue weighted by Crippen LogP contribution is -2.42. The van der Waals surface area contributed by atoms with Gasteiger partial charge in [-0.2, -0.15) is 0 Å². The zero-order valence-corrected chi connectivity index (χ0v) is 13.9. The molecule has 0 bridgehead atoms. The van der Waals surface area contributed by atoms with Gasteiger partial charge in [0.2, 0.25) is 0 Å². The Morgan fingerprint density at radius 2 is 1.96 bits per heavy atom. The molecule has 0 aliphatic carbocycles. The first-order valence-electron chi connectivity index (χ1n) is 7.91. The summed E-state index contributed by atoms with van der Waals surface area (Å²) in [6.07, 6.45) is 1.37. The highest BCUT2D eigenvalue weighted by Crippen LogP contribution is 2.21. The average Bonchev–Trinajstić information content (AvgIpc) is 2.45. The van der Waals surface area contributed by atoms with Gasteiger partial charge in [-0.1, -0.05) is 0 Å². The summed E-state index contributed by atoms with van der Waals surface area (Å²) in [7, 11) is 0. The molecule has 0 spiro atoms. The molecule has 1 heterocycles. The molecule has 1 aromatic carbocycles. The molecule has 1 aliphatic rings. The summed E-state index contributed by atoms with van der Waals surface area (Å²) in [5.74, 6) is -0.826. The maximum atomic E-state index is 13.6. The number of nitrogens with one attached hydrogen (secondary N) is 1. The lowest BCUT2D eigenvalue weighted by Gasteiger charge is -2.33. The Morgan fingerprint density at radius 1 is 1.30 bits per heavy atom. The van der Waals surface area contributed by atoms with Crippen LogP contribution in [-0.2, 0) is 4.74 Å². The lowest BCUT2D eigenvalue weighted by atomic mass is 9.97. The predicted molar refractivity (Wildman–Crippen MR) is 85.4 cm³/mol. The number of amides is 1. The number of anilines is 1. The summed E-state index contributed by atoms with van der Waals surface area (Å²) in [4.78, 5) is 13.7. The maximum Gasteiger partial charge on any atom is 0.410 e. The van der Waals surface area contributed by atoms with Crippen molar-refractivity contribution in [2.24, 2.45) is 5.92 Å². The molecular formula is C17H24F2N2O2. The number of rotatable bonds is 3. The van der Waals surface area contributed by atoms with Gasteiger partial charge in [0.1, 0.15) is 17.2 Å². The largest absolute Gasteiger partial charge is 0.444 e. The van der Waals surface area contributed by atoms with E-state index < -0.39 is 17.2 Å². The van der Waals surface area contributed by atoms with Gasteiger partial charge in [0.15, 0.2) is 0 Å². The fourth-order valence-corrected chi connectivity index (χ4v) is 2.53. The minimum absolute atomic E-state index is 0.284. The van der Waals surface area contributed by atoms with Crippen molar-refractivity contribution >= 4 is 11.8 Å². The van der Waals surface area contributed by atoms with Gasteiger partial charge in [-0.15, -0.1) is 0 Å². The molecule has 23 heavy (non-hydrogen) atoms. The van der Waals surface area contributed by atoms with Crippen LogP contribution in [0.4, 0.5) is 19.3 Å². The molecule has 1 amide bonds. The van der Waals surface area contributed by atoms with Gasteiger partial charge in [-0.05, 0) is 51.7 Å². The smallest absolute Gasteiger partial charge is 0.410 e. The Hall–Kier alpha value is -1.85. The third-order valence-electron chi connectivity index (χ3n) is 3.78. The molecule has 4 nitrogen and oxygen atoms in total. The van der Waals surface area contributed by atoms with E-state index in [1.165, 1.54) is 12.1 Å². The Morgan fingerprint density at radius 3 is 2.52 bits per heavy atom. The third kappa shape index (κ3) is 5.37. The van der Waals surface area contributed by atoms with E-state index in [0.29, 0.717) is 31.2 Å². The van der Waals surface area contributed by atoms with Crippen LogP contribution in [-0.4, -0.2) is 36.2 Å². The zero-order chi connectivity index (χ0) is 17.0. The number of benzene rings is 1. The van der Waals surface area contributed by atoms with Crippen LogP contribution in [0, 0.1) is 17.6 Å². The molecule has 128 valence electrons. The molecule has 1 N–H and O–H groups in total.